The van der Waals surface area contributed by atoms with Crippen LogP contribution in [0.2, 0.25) is 0 Å². The summed E-state index contributed by atoms with van der Waals surface area (Å²) < 4.78 is 28.4. The van der Waals surface area contributed by atoms with Gasteiger partial charge in [-0.1, -0.05) is 6.07 Å². The minimum Gasteiger partial charge on any atom is -0.397 e. The number of aryl methyl sites for hydroxylation is 1. The number of pyridine rings is 3. The Kier molecular flexibility index (Phi) is 5.59. The fourth-order valence-corrected chi connectivity index (χ4v) is 3.50. The van der Waals surface area contributed by atoms with E-state index in [9.17, 15) is 18.4 Å². The molecule has 0 aliphatic rings. The molecule has 32 heavy (non-hydrogen) atoms. The molecule has 0 unspecified atom stereocenters. The quantitative estimate of drug-likeness (QED) is 0.463. The van der Waals surface area contributed by atoms with E-state index in [4.69, 9.17) is 5.73 Å². The number of aromatic nitrogens is 3. The van der Waals surface area contributed by atoms with Crippen molar-refractivity contribution in [3.05, 3.63) is 99.9 Å². The van der Waals surface area contributed by atoms with Crippen LogP contribution in [0.3, 0.4) is 0 Å². The molecule has 0 atom stereocenters. The smallest absolute Gasteiger partial charge is 0.248 e. The topological polar surface area (TPSA) is 102 Å². The number of nitrogens with two attached hydrogens (primary N) is 1. The number of carbonyl (C=O) groups is 1. The number of hydrogen-bond acceptors (Lipinski definition) is 5. The van der Waals surface area contributed by atoms with Crippen molar-refractivity contribution in [3.8, 4) is 22.4 Å². The molecule has 0 aliphatic carbocycles. The van der Waals surface area contributed by atoms with Gasteiger partial charge in [0.25, 0.3) is 0 Å². The maximum absolute atomic E-state index is 14.2. The number of ketones is 1. The van der Waals surface area contributed by atoms with E-state index >= 15 is 0 Å². The summed E-state index contributed by atoms with van der Waals surface area (Å²) in [4.78, 5) is 35.8. The van der Waals surface area contributed by atoms with Crippen LogP contribution in [0.5, 0.6) is 0 Å². The number of nitrogens with one attached hydrogen (secondary N) is 1. The highest BCUT2D eigenvalue weighted by atomic mass is 19.1. The van der Waals surface area contributed by atoms with Gasteiger partial charge in [0.2, 0.25) is 5.56 Å². The number of H-pyrrole nitrogens is 1. The summed E-state index contributed by atoms with van der Waals surface area (Å²) in [7, 11) is 0. The number of carbonyl (C=O) groups excluding carboxylic acids is 1. The van der Waals surface area contributed by atoms with Crippen molar-refractivity contribution < 1.29 is 13.6 Å². The Bertz CT molecular complexity index is 1380. The third kappa shape index (κ3) is 4.02. The summed E-state index contributed by atoms with van der Waals surface area (Å²) in [5.74, 6) is -2.03. The molecule has 8 heteroatoms. The van der Waals surface area contributed by atoms with Gasteiger partial charge in [0.1, 0.15) is 17.3 Å². The number of halogens is 2. The number of Topliss-reactive ketones (excluding diaryl/α,β-unsaturated/α-hetero) is 1. The highest BCUT2D eigenvalue weighted by molar-refractivity contribution is 6.01. The van der Waals surface area contributed by atoms with Crippen LogP contribution in [-0.2, 0) is 6.42 Å². The summed E-state index contributed by atoms with van der Waals surface area (Å²) >= 11 is 0. The first kappa shape index (κ1) is 21.0. The number of aromatic amines is 1. The maximum Gasteiger partial charge on any atom is 0.248 e. The molecule has 4 aromatic rings. The second kappa shape index (κ2) is 8.50. The van der Waals surface area contributed by atoms with Gasteiger partial charge in [-0.15, -0.1) is 0 Å². The number of anilines is 1. The first-order valence-electron chi connectivity index (χ1n) is 9.72. The van der Waals surface area contributed by atoms with E-state index in [-0.39, 0.29) is 34.6 Å². The lowest BCUT2D eigenvalue weighted by molar-refractivity contribution is 0.0989. The van der Waals surface area contributed by atoms with E-state index < -0.39 is 17.4 Å². The summed E-state index contributed by atoms with van der Waals surface area (Å²) in [6, 6.07) is 9.40. The Balaban J connectivity index is 1.74. The van der Waals surface area contributed by atoms with Crippen LogP contribution >= 0.6 is 0 Å². The van der Waals surface area contributed by atoms with Crippen LogP contribution in [0.15, 0.2) is 65.8 Å². The predicted molar refractivity (Wildman–Crippen MR) is 117 cm³/mol. The number of rotatable bonds is 5. The van der Waals surface area contributed by atoms with E-state index in [0.717, 1.165) is 17.7 Å². The molecular weight excluding hydrogens is 414 g/mol. The zero-order valence-electron chi connectivity index (χ0n) is 17.0. The van der Waals surface area contributed by atoms with Gasteiger partial charge in [0.05, 0.1) is 16.9 Å². The summed E-state index contributed by atoms with van der Waals surface area (Å²) in [5.41, 5.74) is 8.04. The number of benzene rings is 1. The van der Waals surface area contributed by atoms with Crippen molar-refractivity contribution in [2.24, 2.45) is 0 Å². The van der Waals surface area contributed by atoms with Crippen LogP contribution < -0.4 is 11.3 Å². The first-order valence-corrected chi connectivity index (χ1v) is 9.72. The van der Waals surface area contributed by atoms with E-state index in [2.05, 4.69) is 15.0 Å². The molecule has 0 bridgehead atoms. The van der Waals surface area contributed by atoms with Crippen LogP contribution in [0.1, 0.15) is 21.6 Å². The van der Waals surface area contributed by atoms with Crippen molar-refractivity contribution in [1.29, 1.82) is 0 Å². The molecule has 1 aromatic carbocycles. The van der Waals surface area contributed by atoms with Crippen LogP contribution in [-0.4, -0.2) is 20.7 Å². The Hall–Kier alpha value is -4.20. The van der Waals surface area contributed by atoms with Gasteiger partial charge >= 0.3 is 0 Å². The highest BCUT2D eigenvalue weighted by Crippen LogP contribution is 2.28. The Morgan fingerprint density at radius 3 is 2.59 bits per heavy atom. The Morgan fingerprint density at radius 2 is 1.84 bits per heavy atom. The third-order valence-corrected chi connectivity index (χ3v) is 5.09. The zero-order chi connectivity index (χ0) is 22.8. The molecule has 0 amide bonds. The average Bonchev–Trinajstić information content (AvgIpc) is 2.77. The Morgan fingerprint density at radius 1 is 1.09 bits per heavy atom. The minimum atomic E-state index is -0.792. The van der Waals surface area contributed by atoms with E-state index in [1.807, 2.05) is 6.92 Å². The molecule has 0 aliphatic heterocycles. The van der Waals surface area contributed by atoms with Gasteiger partial charge in [0.15, 0.2) is 5.78 Å². The second-order valence-electron chi connectivity index (χ2n) is 7.26. The second-order valence-corrected chi connectivity index (χ2v) is 7.26. The van der Waals surface area contributed by atoms with Gasteiger partial charge < -0.3 is 10.7 Å². The van der Waals surface area contributed by atoms with Gasteiger partial charge in [-0.2, -0.15) is 0 Å². The lowest BCUT2D eigenvalue weighted by atomic mass is 9.95. The summed E-state index contributed by atoms with van der Waals surface area (Å²) in [6.45, 7) is 1.84. The van der Waals surface area contributed by atoms with E-state index in [1.54, 1.807) is 18.5 Å². The molecule has 0 spiro atoms. The molecule has 0 radical (unpaired) electrons. The highest BCUT2D eigenvalue weighted by Gasteiger charge is 2.19. The molecule has 0 saturated carbocycles. The van der Waals surface area contributed by atoms with E-state index in [0.29, 0.717) is 16.7 Å². The fraction of sp³-hybridized carbons (Fsp3) is 0.0833. The van der Waals surface area contributed by atoms with Crippen molar-refractivity contribution in [2.75, 3.05) is 5.73 Å². The normalized spacial score (nSPS) is 10.8. The van der Waals surface area contributed by atoms with Gasteiger partial charge in [-0.3, -0.25) is 14.6 Å². The molecule has 160 valence electrons. The number of nitrogens with zero attached hydrogens (tertiary/aromatic N) is 2. The molecule has 0 fully saturated rings. The van der Waals surface area contributed by atoms with E-state index in [1.165, 1.54) is 30.5 Å². The number of nitrogen functional groups attached to an aromatic ring is 1. The first-order chi connectivity index (χ1) is 15.3. The average molecular weight is 432 g/mol. The summed E-state index contributed by atoms with van der Waals surface area (Å²) in [5, 5.41) is 0. The lowest BCUT2D eigenvalue weighted by Crippen LogP contribution is -2.12. The predicted octanol–water partition coefficient (Wildman–Crippen LogP) is 4.09. The Labute approximate surface area is 181 Å². The summed E-state index contributed by atoms with van der Waals surface area (Å²) in [6.07, 6.45) is 4.58. The lowest BCUT2D eigenvalue weighted by Gasteiger charge is -2.12. The largest absolute Gasteiger partial charge is 0.397 e. The van der Waals surface area contributed by atoms with Crippen molar-refractivity contribution in [2.45, 2.75) is 13.3 Å². The van der Waals surface area contributed by atoms with Crippen LogP contribution in [0, 0.1) is 18.6 Å². The number of hydrogen-bond donors (Lipinski definition) is 2. The fourth-order valence-electron chi connectivity index (χ4n) is 3.50. The molecule has 6 nitrogen and oxygen atoms in total. The molecule has 3 aromatic heterocycles. The minimum absolute atomic E-state index is 0.0324. The van der Waals surface area contributed by atoms with Gasteiger partial charge in [0, 0.05) is 31.1 Å². The van der Waals surface area contributed by atoms with Gasteiger partial charge in [-0.05, 0) is 59.5 Å². The SMILES string of the molecule is Cc1c[nH]c(=O)cc1-c1ccncc1CC(=O)c1nc(-c2c(F)cccc2F)ccc1N. The molecular formula is C24H18F2N4O2. The molecule has 3 N–H and O–H groups in total. The van der Waals surface area contributed by atoms with Gasteiger partial charge in [-0.25, -0.2) is 13.8 Å². The van der Waals surface area contributed by atoms with Crippen molar-refractivity contribution >= 4 is 11.5 Å². The molecule has 0 saturated heterocycles. The maximum atomic E-state index is 14.2. The van der Waals surface area contributed by atoms with Crippen LogP contribution in [0.4, 0.5) is 14.5 Å². The monoisotopic (exact) mass is 432 g/mol. The van der Waals surface area contributed by atoms with Crippen molar-refractivity contribution in [1.82, 2.24) is 15.0 Å². The third-order valence-electron chi connectivity index (χ3n) is 5.09. The van der Waals surface area contributed by atoms with Crippen molar-refractivity contribution in [3.63, 3.8) is 0 Å². The van der Waals surface area contributed by atoms with Crippen LogP contribution in [0.25, 0.3) is 22.4 Å². The molecule has 3 heterocycles. The zero-order valence-corrected chi connectivity index (χ0v) is 17.0. The standard InChI is InChI=1S/C24H18F2N4O2/c1-13-11-29-22(32)10-16(13)15-7-8-28-12-14(15)9-21(31)24-19(27)5-6-20(30-24)23-17(25)3-2-4-18(23)26/h2-8,10-12H,9,27H2,1H3,(H,29,32). The molecule has 4 rings (SSSR count).